The molecule has 3 aromatic rings. The molecule has 1 unspecified atom stereocenters. The lowest BCUT2D eigenvalue weighted by atomic mass is 10.00. The van der Waals surface area contributed by atoms with E-state index < -0.39 is 0 Å². The molecule has 0 fully saturated rings. The van der Waals surface area contributed by atoms with E-state index in [1.165, 1.54) is 6.20 Å². The van der Waals surface area contributed by atoms with Gasteiger partial charge >= 0.3 is 0 Å². The van der Waals surface area contributed by atoms with Crippen molar-refractivity contribution in [3.05, 3.63) is 71.5 Å². The quantitative estimate of drug-likeness (QED) is 0.385. The van der Waals surface area contributed by atoms with Crippen molar-refractivity contribution < 1.29 is 14.7 Å². The van der Waals surface area contributed by atoms with E-state index >= 15 is 0 Å². The number of benzene rings is 2. The number of halogens is 1. The first-order valence-electron chi connectivity index (χ1n) is 10.3. The third-order valence-corrected chi connectivity index (χ3v) is 5.73. The van der Waals surface area contributed by atoms with E-state index in [2.05, 4.69) is 31.5 Å². The van der Waals surface area contributed by atoms with Gasteiger partial charge in [-0.1, -0.05) is 59.6 Å². The highest BCUT2D eigenvalue weighted by atomic mass is 79.9. The number of aromatic nitrogens is 1. The normalized spacial score (nSPS) is 11.8. The Balaban J connectivity index is 1.87. The maximum Gasteiger partial charge on any atom is 0.272 e. The monoisotopic (exact) mass is 483 g/mol. The molecular weight excluding hydrogens is 458 g/mol. The number of aliphatic hydroxyl groups is 1. The third-order valence-electron chi connectivity index (χ3n) is 5.12. The Kier molecular flexibility index (Phi) is 8.14. The molecule has 2 amide bonds. The first kappa shape index (κ1) is 22.9. The van der Waals surface area contributed by atoms with E-state index in [1.807, 2.05) is 37.3 Å². The van der Waals surface area contributed by atoms with Crippen molar-refractivity contribution in [3.63, 3.8) is 0 Å². The van der Waals surface area contributed by atoms with Crippen LogP contribution in [-0.4, -0.2) is 34.6 Å². The topological polar surface area (TPSA) is 91.3 Å². The van der Waals surface area contributed by atoms with Crippen molar-refractivity contribution in [2.45, 2.75) is 37.6 Å². The van der Waals surface area contributed by atoms with Gasteiger partial charge in [0.2, 0.25) is 0 Å². The van der Waals surface area contributed by atoms with E-state index in [0.29, 0.717) is 23.0 Å². The van der Waals surface area contributed by atoms with Gasteiger partial charge in [0.25, 0.3) is 11.8 Å². The van der Waals surface area contributed by atoms with Gasteiger partial charge in [-0.25, -0.2) is 4.98 Å². The first-order valence-corrected chi connectivity index (χ1v) is 11.5. The molecule has 1 atom stereocenters. The number of aliphatic hydroxyl groups excluding tert-OH is 1. The summed E-state index contributed by atoms with van der Waals surface area (Å²) in [4.78, 5) is 30.1. The van der Waals surface area contributed by atoms with Crippen LogP contribution in [0.15, 0.2) is 54.7 Å². The summed E-state index contributed by atoms with van der Waals surface area (Å²) in [7, 11) is 0. The molecule has 2 aromatic carbocycles. The van der Waals surface area contributed by atoms with Gasteiger partial charge in [-0.3, -0.25) is 9.59 Å². The van der Waals surface area contributed by atoms with Gasteiger partial charge in [0.1, 0.15) is 0 Å². The second-order valence-electron chi connectivity index (χ2n) is 7.28. The van der Waals surface area contributed by atoms with Crippen LogP contribution in [0.4, 0.5) is 5.69 Å². The van der Waals surface area contributed by atoms with Gasteiger partial charge in [0, 0.05) is 29.7 Å². The molecule has 0 saturated carbocycles. The van der Waals surface area contributed by atoms with Crippen LogP contribution in [0.25, 0.3) is 10.8 Å². The minimum atomic E-state index is -0.373. The maximum absolute atomic E-state index is 13.1. The Hall–Kier alpha value is -2.77. The molecule has 6 nitrogen and oxygen atoms in total. The number of carbonyl (C=O) groups is 2. The average Bonchev–Trinajstić information content (AvgIpc) is 2.79. The van der Waals surface area contributed by atoms with Crippen molar-refractivity contribution in [1.82, 2.24) is 10.3 Å². The highest BCUT2D eigenvalue weighted by molar-refractivity contribution is 9.08. The number of hydrogen-bond donors (Lipinski definition) is 3. The van der Waals surface area contributed by atoms with Crippen LogP contribution in [0.3, 0.4) is 0 Å². The minimum absolute atomic E-state index is 0.00573. The summed E-state index contributed by atoms with van der Waals surface area (Å²) >= 11 is 3.49. The SMILES string of the molecule is CCCC(CCO)NC(=O)c1ncccc1NC(=O)c1ccc(CBr)c2ccccc12. The number of anilines is 1. The molecular formula is C24H26BrN3O3. The summed E-state index contributed by atoms with van der Waals surface area (Å²) < 4.78 is 0. The van der Waals surface area contributed by atoms with Crippen molar-refractivity contribution in [1.29, 1.82) is 0 Å². The summed E-state index contributed by atoms with van der Waals surface area (Å²) in [5.41, 5.74) is 2.12. The molecule has 1 aromatic heterocycles. The molecule has 3 rings (SSSR count). The Morgan fingerprint density at radius 2 is 1.81 bits per heavy atom. The van der Waals surface area contributed by atoms with Crippen molar-refractivity contribution in [3.8, 4) is 0 Å². The Bertz CT molecular complexity index is 1060. The number of pyridine rings is 1. The standard InChI is InChI=1S/C24H26BrN3O3/c1-2-6-17(12-14-29)27-24(31)22-21(9-5-13-26-22)28-23(30)20-11-10-16(15-25)18-7-3-4-8-19(18)20/h3-5,7-11,13,17,29H,2,6,12,14-15H2,1H3,(H,27,31)(H,28,30). The number of rotatable bonds is 9. The highest BCUT2D eigenvalue weighted by Crippen LogP contribution is 2.26. The van der Waals surface area contributed by atoms with Crippen LogP contribution < -0.4 is 10.6 Å². The van der Waals surface area contributed by atoms with Crippen LogP contribution in [0.2, 0.25) is 0 Å². The predicted octanol–water partition coefficient (Wildman–Crippen LogP) is 4.66. The van der Waals surface area contributed by atoms with Crippen LogP contribution in [-0.2, 0) is 5.33 Å². The summed E-state index contributed by atoms with van der Waals surface area (Å²) in [6.45, 7) is 2.02. The smallest absolute Gasteiger partial charge is 0.272 e. The summed E-state index contributed by atoms with van der Waals surface area (Å²) in [5, 5.41) is 17.5. The number of nitrogens with zero attached hydrogens (tertiary/aromatic N) is 1. The second kappa shape index (κ2) is 11.0. The Morgan fingerprint density at radius 1 is 1.03 bits per heavy atom. The fourth-order valence-corrected chi connectivity index (χ4v) is 4.09. The van der Waals surface area contributed by atoms with Crippen molar-refractivity contribution in [2.75, 3.05) is 11.9 Å². The zero-order chi connectivity index (χ0) is 22.2. The predicted molar refractivity (Wildman–Crippen MR) is 127 cm³/mol. The van der Waals surface area contributed by atoms with E-state index in [0.717, 1.165) is 29.2 Å². The highest BCUT2D eigenvalue weighted by Gasteiger charge is 2.19. The van der Waals surface area contributed by atoms with Crippen LogP contribution in [0.1, 0.15) is 52.6 Å². The molecule has 0 aliphatic rings. The van der Waals surface area contributed by atoms with Gasteiger partial charge in [-0.15, -0.1) is 0 Å². The van der Waals surface area contributed by atoms with E-state index in [-0.39, 0.29) is 30.2 Å². The molecule has 3 N–H and O–H groups in total. The van der Waals surface area contributed by atoms with Crippen LogP contribution in [0.5, 0.6) is 0 Å². The number of nitrogens with one attached hydrogen (secondary N) is 2. The van der Waals surface area contributed by atoms with E-state index in [1.54, 1.807) is 18.2 Å². The van der Waals surface area contributed by atoms with Gasteiger partial charge in [0.05, 0.1) is 5.69 Å². The number of amides is 2. The van der Waals surface area contributed by atoms with E-state index in [9.17, 15) is 14.7 Å². The largest absolute Gasteiger partial charge is 0.396 e. The fraction of sp³-hybridized carbons (Fsp3) is 0.292. The molecule has 0 aliphatic carbocycles. The van der Waals surface area contributed by atoms with Crippen molar-refractivity contribution in [2.24, 2.45) is 0 Å². The molecule has 0 spiro atoms. The number of alkyl halides is 1. The first-order chi connectivity index (χ1) is 15.1. The average molecular weight is 484 g/mol. The lowest BCUT2D eigenvalue weighted by Crippen LogP contribution is -2.36. The fourth-order valence-electron chi connectivity index (χ4n) is 3.60. The molecule has 1 heterocycles. The number of carbonyl (C=O) groups excluding carboxylic acids is 2. The molecule has 0 radical (unpaired) electrons. The Morgan fingerprint density at radius 3 is 2.52 bits per heavy atom. The second-order valence-corrected chi connectivity index (χ2v) is 7.84. The Labute approximate surface area is 190 Å². The molecule has 162 valence electrons. The zero-order valence-corrected chi connectivity index (χ0v) is 19.0. The van der Waals surface area contributed by atoms with Gasteiger partial charge in [0.15, 0.2) is 5.69 Å². The third kappa shape index (κ3) is 5.48. The van der Waals surface area contributed by atoms with Crippen molar-refractivity contribution >= 4 is 44.2 Å². The summed E-state index contributed by atoms with van der Waals surface area (Å²) in [6, 6.07) is 14.7. The molecule has 7 heteroatoms. The lowest BCUT2D eigenvalue weighted by molar-refractivity contribution is 0.0923. The number of hydrogen-bond acceptors (Lipinski definition) is 4. The molecule has 0 bridgehead atoms. The van der Waals surface area contributed by atoms with Gasteiger partial charge in [-0.05, 0) is 47.4 Å². The van der Waals surface area contributed by atoms with Crippen LogP contribution in [0, 0.1) is 0 Å². The summed E-state index contributed by atoms with van der Waals surface area (Å²) in [5.74, 6) is -0.679. The molecule has 0 aliphatic heterocycles. The number of fused-ring (bicyclic) bond motifs is 1. The minimum Gasteiger partial charge on any atom is -0.396 e. The summed E-state index contributed by atoms with van der Waals surface area (Å²) in [6.07, 6.45) is 3.63. The molecule has 0 saturated heterocycles. The maximum atomic E-state index is 13.1. The lowest BCUT2D eigenvalue weighted by Gasteiger charge is -2.18. The van der Waals surface area contributed by atoms with Gasteiger partial charge in [-0.2, -0.15) is 0 Å². The zero-order valence-electron chi connectivity index (χ0n) is 17.4. The van der Waals surface area contributed by atoms with E-state index in [4.69, 9.17) is 0 Å². The van der Waals surface area contributed by atoms with Gasteiger partial charge < -0.3 is 15.7 Å². The van der Waals surface area contributed by atoms with Crippen LogP contribution >= 0.6 is 15.9 Å². The molecule has 31 heavy (non-hydrogen) atoms.